The van der Waals surface area contributed by atoms with Crippen molar-refractivity contribution in [2.75, 3.05) is 0 Å². The van der Waals surface area contributed by atoms with Crippen LogP contribution in [0.5, 0.6) is 0 Å². The summed E-state index contributed by atoms with van der Waals surface area (Å²) >= 11 is 1.49. The predicted molar refractivity (Wildman–Crippen MR) is 89.5 cm³/mol. The molecule has 2 aromatic rings. The average molecular weight is 329 g/mol. The van der Waals surface area contributed by atoms with Crippen LogP contribution in [-0.4, -0.2) is 18.0 Å². The third-order valence-corrected chi connectivity index (χ3v) is 5.13. The van der Waals surface area contributed by atoms with Crippen LogP contribution >= 0.6 is 11.3 Å². The number of fused-ring (bicyclic) bond motifs is 1. The molecule has 0 aliphatic heterocycles. The molecule has 4 nitrogen and oxygen atoms in total. The molecular weight excluding hydrogens is 310 g/mol. The molecule has 1 heterocycles. The van der Waals surface area contributed by atoms with Crippen molar-refractivity contribution in [3.8, 4) is 0 Å². The molecule has 23 heavy (non-hydrogen) atoms. The van der Waals surface area contributed by atoms with Gasteiger partial charge in [0.1, 0.15) is 4.88 Å². The third-order valence-electron chi connectivity index (χ3n) is 3.91. The topological polar surface area (TPSA) is 55.4 Å². The number of hydrogen-bond acceptors (Lipinski definition) is 4. The second-order valence-electron chi connectivity index (χ2n) is 5.66. The minimum Gasteiger partial charge on any atom is -0.448 e. The summed E-state index contributed by atoms with van der Waals surface area (Å²) in [7, 11) is 0. The lowest BCUT2D eigenvalue weighted by Crippen LogP contribution is -2.35. The van der Waals surface area contributed by atoms with Gasteiger partial charge in [-0.15, -0.1) is 11.3 Å². The van der Waals surface area contributed by atoms with Crippen LogP contribution < -0.4 is 5.32 Å². The van der Waals surface area contributed by atoms with Gasteiger partial charge < -0.3 is 10.1 Å². The fourth-order valence-electron chi connectivity index (χ4n) is 2.63. The second-order valence-corrected chi connectivity index (χ2v) is 6.80. The molecule has 1 amide bonds. The molecule has 0 saturated heterocycles. The zero-order valence-electron chi connectivity index (χ0n) is 13.0. The number of carbonyl (C=O) groups excluding carboxylic acids is 2. The summed E-state index contributed by atoms with van der Waals surface area (Å²) in [6.07, 6.45) is 2.43. The summed E-state index contributed by atoms with van der Waals surface area (Å²) in [5, 5.41) is 2.78. The molecule has 1 atom stereocenters. The van der Waals surface area contributed by atoms with Gasteiger partial charge in [0, 0.05) is 11.4 Å². The third kappa shape index (κ3) is 3.79. The number of thiophene rings is 1. The Kier molecular flexibility index (Phi) is 4.76. The van der Waals surface area contributed by atoms with E-state index < -0.39 is 12.1 Å². The van der Waals surface area contributed by atoms with Crippen LogP contribution in [0.15, 0.2) is 36.4 Å². The molecule has 0 saturated carbocycles. The Bertz CT molecular complexity index is 687. The van der Waals surface area contributed by atoms with Crippen molar-refractivity contribution in [2.24, 2.45) is 0 Å². The van der Waals surface area contributed by atoms with E-state index in [9.17, 15) is 9.59 Å². The van der Waals surface area contributed by atoms with Crippen LogP contribution in [0.3, 0.4) is 0 Å². The highest BCUT2D eigenvalue weighted by molar-refractivity contribution is 7.14. The van der Waals surface area contributed by atoms with Crippen molar-refractivity contribution in [3.05, 3.63) is 57.3 Å². The molecule has 0 fully saturated rings. The number of amides is 1. The second kappa shape index (κ2) is 6.96. The van der Waals surface area contributed by atoms with E-state index in [1.165, 1.54) is 21.8 Å². The van der Waals surface area contributed by atoms with Gasteiger partial charge in [-0.2, -0.15) is 0 Å². The summed E-state index contributed by atoms with van der Waals surface area (Å²) in [5.74, 6) is -0.696. The lowest BCUT2D eigenvalue weighted by atomic mass is 10.2. The maximum Gasteiger partial charge on any atom is 0.349 e. The Labute approximate surface area is 139 Å². The zero-order chi connectivity index (χ0) is 16.2. The maximum atomic E-state index is 12.1. The van der Waals surface area contributed by atoms with Crippen molar-refractivity contribution in [1.29, 1.82) is 0 Å². The maximum absolute atomic E-state index is 12.1. The summed E-state index contributed by atoms with van der Waals surface area (Å²) in [6, 6.07) is 11.5. The van der Waals surface area contributed by atoms with Gasteiger partial charge in [-0.3, -0.25) is 4.79 Å². The standard InChI is InChI=1S/C18H19NO3S/c1-12(17(20)19-11-13-6-3-2-4-7-13)22-18(21)16-10-14-8-5-9-15(14)23-16/h2-4,6-7,10,12H,5,8-9,11H2,1H3,(H,19,20)/t12-/m0/s1. The van der Waals surface area contributed by atoms with Crippen molar-refractivity contribution in [1.82, 2.24) is 5.32 Å². The summed E-state index contributed by atoms with van der Waals surface area (Å²) in [5.41, 5.74) is 2.26. The molecule has 120 valence electrons. The molecule has 0 spiro atoms. The number of nitrogens with one attached hydrogen (secondary N) is 1. The van der Waals surface area contributed by atoms with E-state index in [0.29, 0.717) is 11.4 Å². The van der Waals surface area contributed by atoms with E-state index >= 15 is 0 Å². The van der Waals surface area contributed by atoms with Crippen LogP contribution in [-0.2, 0) is 28.9 Å². The minimum atomic E-state index is -0.803. The SMILES string of the molecule is C[C@H](OC(=O)c1cc2c(s1)CCC2)C(=O)NCc1ccccc1. The Hall–Kier alpha value is -2.14. The number of carbonyl (C=O) groups is 2. The van der Waals surface area contributed by atoms with Crippen molar-refractivity contribution < 1.29 is 14.3 Å². The number of esters is 1. The van der Waals surface area contributed by atoms with E-state index in [-0.39, 0.29) is 5.91 Å². The van der Waals surface area contributed by atoms with Gasteiger partial charge in [0.15, 0.2) is 6.10 Å². The first-order valence-corrected chi connectivity index (χ1v) is 8.59. The van der Waals surface area contributed by atoms with Gasteiger partial charge in [0.05, 0.1) is 0 Å². The lowest BCUT2D eigenvalue weighted by molar-refractivity contribution is -0.129. The van der Waals surface area contributed by atoms with E-state index in [2.05, 4.69) is 5.32 Å². The Balaban J connectivity index is 1.52. The van der Waals surface area contributed by atoms with Crippen LogP contribution in [0, 0.1) is 0 Å². The van der Waals surface area contributed by atoms with Crippen LogP contribution in [0.25, 0.3) is 0 Å². The summed E-state index contributed by atoms with van der Waals surface area (Å²) in [4.78, 5) is 26.1. The van der Waals surface area contributed by atoms with Crippen molar-refractivity contribution in [3.63, 3.8) is 0 Å². The molecule has 3 rings (SSSR count). The lowest BCUT2D eigenvalue weighted by Gasteiger charge is -2.13. The first kappa shape index (κ1) is 15.7. The van der Waals surface area contributed by atoms with E-state index in [4.69, 9.17) is 4.74 Å². The normalized spacial score (nSPS) is 14.1. The fraction of sp³-hybridized carbons (Fsp3) is 0.333. The first-order valence-electron chi connectivity index (χ1n) is 7.77. The van der Waals surface area contributed by atoms with E-state index in [1.807, 2.05) is 36.4 Å². The van der Waals surface area contributed by atoms with Crippen LogP contribution in [0.1, 0.15) is 39.0 Å². The molecule has 0 unspecified atom stereocenters. The number of hydrogen-bond donors (Lipinski definition) is 1. The molecular formula is C18H19NO3S. The smallest absolute Gasteiger partial charge is 0.349 e. The van der Waals surface area contributed by atoms with Gasteiger partial charge >= 0.3 is 5.97 Å². The Morgan fingerprint density at radius 1 is 1.26 bits per heavy atom. The monoisotopic (exact) mass is 329 g/mol. The zero-order valence-corrected chi connectivity index (χ0v) is 13.8. The number of ether oxygens (including phenoxy) is 1. The molecule has 1 aromatic carbocycles. The molecule has 1 aliphatic carbocycles. The summed E-state index contributed by atoms with van der Waals surface area (Å²) in [6.45, 7) is 2.02. The number of benzene rings is 1. The number of rotatable bonds is 5. The molecule has 0 bridgehead atoms. The molecule has 1 aliphatic rings. The van der Waals surface area contributed by atoms with Crippen molar-refractivity contribution in [2.45, 2.75) is 38.8 Å². The highest BCUT2D eigenvalue weighted by Gasteiger charge is 2.23. The first-order chi connectivity index (χ1) is 11.1. The number of aryl methyl sites for hydroxylation is 2. The van der Waals surface area contributed by atoms with Gasteiger partial charge in [0.2, 0.25) is 0 Å². The molecule has 1 N–H and O–H groups in total. The van der Waals surface area contributed by atoms with Gasteiger partial charge in [-0.05, 0) is 43.4 Å². The van der Waals surface area contributed by atoms with E-state index in [0.717, 1.165) is 24.8 Å². The van der Waals surface area contributed by atoms with Crippen LogP contribution in [0.4, 0.5) is 0 Å². The highest BCUT2D eigenvalue weighted by Crippen LogP contribution is 2.31. The van der Waals surface area contributed by atoms with Crippen molar-refractivity contribution >= 4 is 23.2 Å². The molecule has 0 radical (unpaired) electrons. The van der Waals surface area contributed by atoms with Gasteiger partial charge in [0.25, 0.3) is 5.91 Å². The van der Waals surface area contributed by atoms with E-state index in [1.54, 1.807) is 6.92 Å². The van der Waals surface area contributed by atoms with Gasteiger partial charge in [-0.1, -0.05) is 30.3 Å². The average Bonchev–Trinajstić information content (AvgIpc) is 3.15. The highest BCUT2D eigenvalue weighted by atomic mass is 32.1. The van der Waals surface area contributed by atoms with Crippen LogP contribution in [0.2, 0.25) is 0 Å². The Morgan fingerprint density at radius 3 is 2.78 bits per heavy atom. The van der Waals surface area contributed by atoms with Gasteiger partial charge in [-0.25, -0.2) is 4.79 Å². The quantitative estimate of drug-likeness (QED) is 0.858. The molecule has 1 aromatic heterocycles. The largest absolute Gasteiger partial charge is 0.448 e. The minimum absolute atomic E-state index is 0.286. The Morgan fingerprint density at radius 2 is 2.04 bits per heavy atom. The fourth-order valence-corrected chi connectivity index (χ4v) is 3.77. The molecule has 5 heteroatoms. The predicted octanol–water partition coefficient (Wildman–Crippen LogP) is 3.10. The summed E-state index contributed by atoms with van der Waals surface area (Å²) < 4.78 is 5.28.